The number of hydrogen-bond acceptors (Lipinski definition) is 7. The molecular weight excluding hydrogens is 423 g/mol. The second-order valence-corrected chi connectivity index (χ2v) is 10.2. The SMILES string of the molecule is CN(CC(=O)N1CCS/C1=C/c1csc(Nc2ccc(F)cc2)n1)S(C)(=O)=O. The maximum Gasteiger partial charge on any atom is 0.242 e. The van der Waals surface area contributed by atoms with Crippen LogP contribution in [-0.4, -0.2) is 60.7 Å². The number of aromatic nitrogens is 1. The normalized spacial score (nSPS) is 16.1. The Morgan fingerprint density at radius 3 is 2.79 bits per heavy atom. The average molecular weight is 443 g/mol. The monoisotopic (exact) mass is 442 g/mol. The Morgan fingerprint density at radius 1 is 1.39 bits per heavy atom. The van der Waals surface area contributed by atoms with Crippen LogP contribution in [0.25, 0.3) is 6.08 Å². The second-order valence-electron chi connectivity index (χ2n) is 6.10. The van der Waals surface area contributed by atoms with E-state index in [0.717, 1.165) is 27.0 Å². The maximum atomic E-state index is 13.0. The molecule has 11 heteroatoms. The lowest BCUT2D eigenvalue weighted by Gasteiger charge is -2.20. The predicted molar refractivity (Wildman–Crippen MR) is 111 cm³/mol. The molecule has 1 aromatic heterocycles. The largest absolute Gasteiger partial charge is 0.332 e. The van der Waals surface area contributed by atoms with Crippen molar-refractivity contribution in [2.75, 3.05) is 37.5 Å². The number of nitrogens with zero attached hydrogens (tertiary/aromatic N) is 3. The van der Waals surface area contributed by atoms with E-state index in [1.807, 2.05) is 11.5 Å². The van der Waals surface area contributed by atoms with Crippen molar-refractivity contribution in [2.45, 2.75) is 0 Å². The van der Waals surface area contributed by atoms with E-state index < -0.39 is 10.0 Å². The molecule has 1 saturated heterocycles. The number of anilines is 2. The first-order chi connectivity index (χ1) is 13.2. The highest BCUT2D eigenvalue weighted by atomic mass is 32.2. The van der Waals surface area contributed by atoms with Gasteiger partial charge in [-0.25, -0.2) is 17.8 Å². The van der Waals surface area contributed by atoms with Crippen molar-refractivity contribution in [1.82, 2.24) is 14.2 Å². The maximum absolute atomic E-state index is 13.0. The standard InChI is InChI=1S/C17H19FN4O3S3/c1-21(28(2,24)25)10-15(23)22-7-8-26-16(22)9-14-11-27-17(20-14)19-13-5-3-12(18)4-6-13/h3-6,9,11H,7-8,10H2,1-2H3,(H,19,20)/b16-9+. The van der Waals surface area contributed by atoms with Crippen molar-refractivity contribution in [3.63, 3.8) is 0 Å². The first-order valence-electron chi connectivity index (χ1n) is 8.26. The minimum Gasteiger partial charge on any atom is -0.332 e. The van der Waals surface area contributed by atoms with Gasteiger partial charge < -0.3 is 10.2 Å². The molecule has 1 amide bonds. The molecule has 0 aliphatic carbocycles. The highest BCUT2D eigenvalue weighted by Crippen LogP contribution is 2.31. The van der Waals surface area contributed by atoms with Crippen LogP contribution in [0.1, 0.15) is 5.69 Å². The van der Waals surface area contributed by atoms with Crippen LogP contribution in [0.5, 0.6) is 0 Å². The Balaban J connectivity index is 1.69. The van der Waals surface area contributed by atoms with Crippen molar-refractivity contribution in [3.05, 3.63) is 46.2 Å². The first kappa shape index (κ1) is 20.8. The van der Waals surface area contributed by atoms with Gasteiger partial charge in [0.15, 0.2) is 5.13 Å². The van der Waals surface area contributed by atoms with Crippen LogP contribution in [0.2, 0.25) is 0 Å². The summed E-state index contributed by atoms with van der Waals surface area (Å²) in [6.07, 6.45) is 2.88. The number of rotatable bonds is 6. The van der Waals surface area contributed by atoms with Gasteiger partial charge in [0.25, 0.3) is 0 Å². The summed E-state index contributed by atoms with van der Waals surface area (Å²) >= 11 is 2.92. The molecule has 1 aliphatic heterocycles. The zero-order chi connectivity index (χ0) is 20.3. The van der Waals surface area contributed by atoms with Crippen LogP contribution in [0.4, 0.5) is 15.2 Å². The van der Waals surface area contributed by atoms with Crippen molar-refractivity contribution in [3.8, 4) is 0 Å². The molecule has 0 spiro atoms. The van der Waals surface area contributed by atoms with E-state index in [1.165, 1.54) is 42.3 Å². The summed E-state index contributed by atoms with van der Waals surface area (Å²) in [6, 6.07) is 5.98. The van der Waals surface area contributed by atoms with Gasteiger partial charge in [-0.2, -0.15) is 4.31 Å². The van der Waals surface area contributed by atoms with E-state index in [9.17, 15) is 17.6 Å². The Hall–Kier alpha value is -1.95. The van der Waals surface area contributed by atoms with Crippen molar-refractivity contribution in [1.29, 1.82) is 0 Å². The number of sulfonamides is 1. The van der Waals surface area contributed by atoms with E-state index in [0.29, 0.717) is 17.4 Å². The Bertz CT molecular complexity index is 989. The van der Waals surface area contributed by atoms with Crippen LogP contribution in [0.15, 0.2) is 34.7 Å². The molecular formula is C17H19FN4O3S3. The van der Waals surface area contributed by atoms with Crippen molar-refractivity contribution >= 4 is 55.9 Å². The molecule has 1 fully saturated rings. The molecule has 0 atom stereocenters. The van der Waals surface area contributed by atoms with Gasteiger partial charge in [-0.1, -0.05) is 0 Å². The molecule has 0 saturated carbocycles. The van der Waals surface area contributed by atoms with Crippen LogP contribution in [0, 0.1) is 5.82 Å². The van der Waals surface area contributed by atoms with Crippen LogP contribution < -0.4 is 5.32 Å². The summed E-state index contributed by atoms with van der Waals surface area (Å²) in [7, 11) is -2.03. The van der Waals surface area contributed by atoms with Gasteiger partial charge in [-0.3, -0.25) is 4.79 Å². The molecule has 0 bridgehead atoms. The Morgan fingerprint density at radius 2 is 2.11 bits per heavy atom. The lowest BCUT2D eigenvalue weighted by molar-refractivity contribution is -0.128. The fourth-order valence-electron chi connectivity index (χ4n) is 2.38. The summed E-state index contributed by atoms with van der Waals surface area (Å²) in [6.45, 7) is 0.322. The first-order valence-corrected chi connectivity index (χ1v) is 12.0. The molecule has 2 aromatic rings. The number of thioether (sulfide) groups is 1. The van der Waals surface area contributed by atoms with Gasteiger partial charge in [-0.05, 0) is 30.3 Å². The molecule has 28 heavy (non-hydrogen) atoms. The van der Waals surface area contributed by atoms with Gasteiger partial charge in [-0.15, -0.1) is 23.1 Å². The number of benzene rings is 1. The highest BCUT2D eigenvalue weighted by Gasteiger charge is 2.27. The third-order valence-electron chi connectivity index (χ3n) is 3.94. The number of carbonyl (C=O) groups excluding carboxylic acids is 1. The predicted octanol–water partition coefficient (Wildman–Crippen LogP) is 2.79. The molecule has 7 nitrogen and oxygen atoms in total. The van der Waals surface area contributed by atoms with Gasteiger partial charge in [0.05, 0.1) is 23.5 Å². The quantitative estimate of drug-likeness (QED) is 0.741. The third-order valence-corrected chi connectivity index (χ3v) is 7.00. The number of likely N-dealkylation sites (N-methyl/N-ethyl adjacent to an activating group) is 1. The van der Waals surface area contributed by atoms with Crippen molar-refractivity contribution < 1.29 is 17.6 Å². The molecule has 0 unspecified atom stereocenters. The van der Waals surface area contributed by atoms with Crippen LogP contribution in [-0.2, 0) is 14.8 Å². The highest BCUT2D eigenvalue weighted by molar-refractivity contribution is 8.03. The topological polar surface area (TPSA) is 82.6 Å². The number of amides is 1. The molecule has 2 heterocycles. The van der Waals surface area contributed by atoms with Crippen LogP contribution in [0.3, 0.4) is 0 Å². The minimum absolute atomic E-state index is 0.203. The van der Waals surface area contributed by atoms with Gasteiger partial charge in [0, 0.05) is 30.4 Å². The van der Waals surface area contributed by atoms with E-state index >= 15 is 0 Å². The number of carbonyl (C=O) groups is 1. The second kappa shape index (κ2) is 8.60. The van der Waals surface area contributed by atoms with E-state index in [-0.39, 0.29) is 18.3 Å². The van der Waals surface area contributed by atoms with E-state index in [2.05, 4.69) is 10.3 Å². The van der Waals surface area contributed by atoms with Gasteiger partial charge in [0.2, 0.25) is 15.9 Å². The summed E-state index contributed by atoms with van der Waals surface area (Å²) in [5.74, 6) is 0.161. The molecule has 3 rings (SSSR count). The van der Waals surface area contributed by atoms with Gasteiger partial charge >= 0.3 is 0 Å². The lowest BCUT2D eigenvalue weighted by atomic mass is 10.3. The summed E-state index contributed by atoms with van der Waals surface area (Å²) in [4.78, 5) is 18.5. The summed E-state index contributed by atoms with van der Waals surface area (Å²) < 4.78 is 37.1. The lowest BCUT2D eigenvalue weighted by Crippen LogP contribution is -2.38. The average Bonchev–Trinajstić information content (AvgIpc) is 3.26. The number of thiazole rings is 1. The van der Waals surface area contributed by atoms with E-state index in [4.69, 9.17) is 0 Å². The summed E-state index contributed by atoms with van der Waals surface area (Å²) in [5.41, 5.74) is 1.42. The number of nitrogens with one attached hydrogen (secondary N) is 1. The van der Waals surface area contributed by atoms with Gasteiger partial charge in [0.1, 0.15) is 5.82 Å². The fourth-order valence-corrected chi connectivity index (χ4v) is 4.45. The Labute approximate surface area is 171 Å². The minimum atomic E-state index is -3.42. The molecule has 1 aromatic carbocycles. The number of halogens is 1. The smallest absolute Gasteiger partial charge is 0.242 e. The zero-order valence-corrected chi connectivity index (χ0v) is 17.7. The van der Waals surface area contributed by atoms with E-state index in [1.54, 1.807) is 17.0 Å². The fraction of sp³-hybridized carbons (Fsp3) is 0.294. The zero-order valence-electron chi connectivity index (χ0n) is 15.3. The molecule has 0 radical (unpaired) electrons. The Kier molecular flexibility index (Phi) is 6.38. The molecule has 1 aliphatic rings. The molecule has 150 valence electrons. The molecule has 1 N–H and O–H groups in total. The number of hydrogen-bond donors (Lipinski definition) is 1. The van der Waals surface area contributed by atoms with Crippen molar-refractivity contribution in [2.24, 2.45) is 0 Å². The summed E-state index contributed by atoms with van der Waals surface area (Å²) in [5, 5.41) is 6.34. The van der Waals surface area contributed by atoms with Crippen LogP contribution >= 0.6 is 23.1 Å². The third kappa shape index (κ3) is 5.31.